The van der Waals surface area contributed by atoms with Crippen LogP contribution in [0.2, 0.25) is 0 Å². The largest absolute Gasteiger partial charge is 0.441 e. The number of hydrogen-bond acceptors (Lipinski definition) is 4. The van der Waals surface area contributed by atoms with Gasteiger partial charge in [-0.25, -0.2) is 0 Å². The lowest BCUT2D eigenvalue weighted by atomic mass is 9.63. The third-order valence-electron chi connectivity index (χ3n) is 3.66. The first-order chi connectivity index (χ1) is 8.51. The van der Waals surface area contributed by atoms with E-state index in [2.05, 4.69) is 26.1 Å². The van der Waals surface area contributed by atoms with E-state index in [9.17, 15) is 9.59 Å². The Labute approximate surface area is 118 Å². The number of amides is 1. The minimum absolute atomic E-state index is 0.0687. The van der Waals surface area contributed by atoms with E-state index >= 15 is 0 Å². The fourth-order valence-electron chi connectivity index (χ4n) is 3.30. The number of β-lactam (4-membered cyclic amide) rings is 1. The third kappa shape index (κ3) is 3.17. The zero-order chi connectivity index (χ0) is 15.0. The van der Waals surface area contributed by atoms with E-state index in [0.29, 0.717) is 10.5 Å². The number of ether oxygens (including phenoxy) is 1. The van der Waals surface area contributed by atoms with Crippen LogP contribution in [0.3, 0.4) is 0 Å². The number of esters is 1. The minimum Gasteiger partial charge on any atom is -0.441 e. The van der Waals surface area contributed by atoms with Crippen LogP contribution in [0.5, 0.6) is 0 Å². The van der Waals surface area contributed by atoms with Crippen molar-refractivity contribution in [2.75, 3.05) is 0 Å². The molecule has 1 amide bonds. The van der Waals surface area contributed by atoms with Gasteiger partial charge in [0.15, 0.2) is 6.23 Å². The summed E-state index contributed by atoms with van der Waals surface area (Å²) in [5.41, 5.74) is -0.482. The van der Waals surface area contributed by atoms with Gasteiger partial charge in [0, 0.05) is 12.3 Å². The minimum atomic E-state index is -0.540. The van der Waals surface area contributed by atoms with Crippen molar-refractivity contribution in [2.24, 2.45) is 16.7 Å². The molecule has 3 atom stereocenters. The molecule has 1 saturated heterocycles. The van der Waals surface area contributed by atoms with Crippen molar-refractivity contribution in [3.63, 3.8) is 0 Å². The molecule has 0 bridgehead atoms. The van der Waals surface area contributed by atoms with Crippen molar-refractivity contribution in [1.82, 2.24) is 5.32 Å². The molecular formula is C13H25NO4Si. The summed E-state index contributed by atoms with van der Waals surface area (Å²) in [6.07, 6.45) is -0.609. The van der Waals surface area contributed by atoms with Gasteiger partial charge in [-0.15, -0.1) is 0 Å². The lowest BCUT2D eigenvalue weighted by Gasteiger charge is -2.51. The maximum Gasteiger partial charge on any atom is 0.304 e. The Morgan fingerprint density at radius 3 is 2.16 bits per heavy atom. The Kier molecular flexibility index (Phi) is 4.46. The van der Waals surface area contributed by atoms with Gasteiger partial charge in [-0.3, -0.25) is 9.59 Å². The SMILES string of the molecule is CC(=O)OC1NC(=O)C1C(C)(C)[C@@H](O[SiH3])C(C)(C)C. The van der Waals surface area contributed by atoms with Crippen LogP contribution >= 0.6 is 0 Å². The van der Waals surface area contributed by atoms with Gasteiger partial charge >= 0.3 is 5.97 Å². The zero-order valence-electron chi connectivity index (χ0n) is 12.9. The Morgan fingerprint density at radius 2 is 1.84 bits per heavy atom. The van der Waals surface area contributed by atoms with Crippen molar-refractivity contribution >= 4 is 22.4 Å². The Morgan fingerprint density at radius 1 is 1.32 bits per heavy atom. The van der Waals surface area contributed by atoms with Crippen LogP contribution in [-0.2, 0) is 18.8 Å². The quantitative estimate of drug-likeness (QED) is 0.461. The molecule has 1 N–H and O–H groups in total. The van der Waals surface area contributed by atoms with Crippen LogP contribution in [0.1, 0.15) is 41.5 Å². The van der Waals surface area contributed by atoms with E-state index in [-0.39, 0.29) is 29.3 Å². The molecule has 0 aromatic heterocycles. The fourth-order valence-corrected chi connectivity index (χ4v) is 4.61. The molecule has 19 heavy (non-hydrogen) atoms. The molecule has 1 aliphatic rings. The van der Waals surface area contributed by atoms with E-state index in [1.807, 2.05) is 13.8 Å². The molecule has 1 rings (SSSR count). The van der Waals surface area contributed by atoms with Crippen molar-refractivity contribution in [2.45, 2.75) is 53.9 Å². The molecule has 0 saturated carbocycles. The van der Waals surface area contributed by atoms with Crippen LogP contribution in [0.25, 0.3) is 0 Å². The number of hydrogen-bond donors (Lipinski definition) is 1. The second-order valence-corrected chi connectivity index (χ2v) is 7.29. The van der Waals surface area contributed by atoms with Gasteiger partial charge in [0.2, 0.25) is 5.91 Å². The molecule has 0 aromatic rings. The Balaban J connectivity index is 2.96. The van der Waals surface area contributed by atoms with Gasteiger partial charge in [0.05, 0.1) is 6.10 Å². The highest BCUT2D eigenvalue weighted by Crippen LogP contribution is 2.45. The van der Waals surface area contributed by atoms with Crippen LogP contribution in [0.4, 0.5) is 0 Å². The number of carbonyl (C=O) groups is 2. The first kappa shape index (κ1) is 16.2. The van der Waals surface area contributed by atoms with Crippen molar-refractivity contribution in [3.8, 4) is 0 Å². The smallest absolute Gasteiger partial charge is 0.304 e. The molecule has 1 heterocycles. The van der Waals surface area contributed by atoms with Gasteiger partial charge in [-0.05, 0) is 5.41 Å². The second-order valence-electron chi connectivity index (χ2n) is 6.82. The van der Waals surface area contributed by atoms with Gasteiger partial charge in [0.1, 0.15) is 16.4 Å². The van der Waals surface area contributed by atoms with Gasteiger partial charge in [-0.2, -0.15) is 0 Å². The third-order valence-corrected chi connectivity index (χ3v) is 4.13. The van der Waals surface area contributed by atoms with Crippen LogP contribution in [0.15, 0.2) is 0 Å². The lowest BCUT2D eigenvalue weighted by molar-refractivity contribution is -0.184. The van der Waals surface area contributed by atoms with Gasteiger partial charge < -0.3 is 14.5 Å². The number of nitrogens with one attached hydrogen (secondary N) is 1. The standard InChI is InChI=1S/C13H25NO4Si/c1-7(15)17-10-8(9(16)14-10)13(5,6)11(18-19)12(2,3)4/h8,10-11H,1-6,19H3,(H,14,16)/t8?,10?,11-/m0/s1. The zero-order valence-corrected chi connectivity index (χ0v) is 14.9. The summed E-state index contributed by atoms with van der Waals surface area (Å²) in [5.74, 6) is -0.830. The molecular weight excluding hydrogens is 262 g/mol. The molecule has 0 spiro atoms. The highest BCUT2D eigenvalue weighted by Gasteiger charge is 2.56. The van der Waals surface area contributed by atoms with Crippen LogP contribution < -0.4 is 5.32 Å². The average molecular weight is 287 g/mol. The van der Waals surface area contributed by atoms with E-state index in [0.717, 1.165) is 0 Å². The van der Waals surface area contributed by atoms with Crippen molar-refractivity contribution in [1.29, 1.82) is 0 Å². The Hall–Kier alpha value is -0.883. The fraction of sp³-hybridized carbons (Fsp3) is 0.846. The van der Waals surface area contributed by atoms with E-state index in [1.165, 1.54) is 6.92 Å². The summed E-state index contributed by atoms with van der Waals surface area (Å²) < 4.78 is 10.9. The average Bonchev–Trinajstić information content (AvgIpc) is 2.12. The topological polar surface area (TPSA) is 64.6 Å². The molecule has 0 aliphatic carbocycles. The predicted molar refractivity (Wildman–Crippen MR) is 75.2 cm³/mol. The van der Waals surface area contributed by atoms with E-state index < -0.39 is 11.6 Å². The van der Waals surface area contributed by atoms with Crippen molar-refractivity contribution < 1.29 is 18.8 Å². The molecule has 2 unspecified atom stereocenters. The highest BCUT2D eigenvalue weighted by atomic mass is 28.2. The summed E-state index contributed by atoms with van der Waals surface area (Å²) in [6, 6.07) is 0. The summed E-state index contributed by atoms with van der Waals surface area (Å²) >= 11 is 0. The molecule has 1 fully saturated rings. The second kappa shape index (κ2) is 5.24. The summed E-state index contributed by atoms with van der Waals surface area (Å²) in [6.45, 7) is 11.6. The molecule has 0 aromatic carbocycles. The molecule has 5 nitrogen and oxygen atoms in total. The van der Waals surface area contributed by atoms with E-state index in [4.69, 9.17) is 9.16 Å². The molecule has 110 valence electrons. The monoisotopic (exact) mass is 287 g/mol. The predicted octanol–water partition coefficient (Wildman–Crippen LogP) is 0.359. The van der Waals surface area contributed by atoms with Gasteiger partial charge in [-0.1, -0.05) is 34.6 Å². The Bertz CT molecular complexity index is 375. The van der Waals surface area contributed by atoms with Crippen LogP contribution in [0, 0.1) is 16.7 Å². The first-order valence-electron chi connectivity index (χ1n) is 6.52. The summed E-state index contributed by atoms with van der Waals surface area (Å²) in [5, 5.41) is 2.63. The van der Waals surface area contributed by atoms with E-state index in [1.54, 1.807) is 0 Å². The highest BCUT2D eigenvalue weighted by molar-refractivity contribution is 5.98. The number of rotatable bonds is 4. The lowest BCUT2D eigenvalue weighted by Crippen LogP contribution is -2.67. The van der Waals surface area contributed by atoms with Crippen molar-refractivity contribution in [3.05, 3.63) is 0 Å². The van der Waals surface area contributed by atoms with Gasteiger partial charge in [0.25, 0.3) is 0 Å². The molecule has 0 radical (unpaired) electrons. The molecule has 6 heteroatoms. The van der Waals surface area contributed by atoms with Crippen LogP contribution in [-0.4, -0.2) is 34.7 Å². The summed E-state index contributed by atoms with van der Waals surface area (Å²) in [7, 11) is 0.602. The summed E-state index contributed by atoms with van der Waals surface area (Å²) in [4.78, 5) is 22.9. The maximum absolute atomic E-state index is 11.9. The maximum atomic E-state index is 11.9. The normalized spacial score (nSPS) is 25.5. The first-order valence-corrected chi connectivity index (χ1v) is 7.34. The number of carbonyl (C=O) groups excluding carboxylic acids is 2. The molecule has 1 aliphatic heterocycles.